The van der Waals surface area contributed by atoms with Gasteiger partial charge in [-0.25, -0.2) is 9.78 Å². The fraction of sp³-hybridized carbons (Fsp3) is 0.286. The van der Waals surface area contributed by atoms with Gasteiger partial charge in [0.15, 0.2) is 0 Å². The number of nitrogens with two attached hydrogens (primary N) is 1. The van der Waals surface area contributed by atoms with Crippen LogP contribution in [0.25, 0.3) is 33.1 Å². The first-order valence-corrected chi connectivity index (χ1v) is 9.40. The zero-order valence-corrected chi connectivity index (χ0v) is 16.0. The van der Waals surface area contributed by atoms with Crippen molar-refractivity contribution in [1.82, 2.24) is 19.5 Å². The molecule has 7 heteroatoms. The summed E-state index contributed by atoms with van der Waals surface area (Å²) < 4.78 is 7.34. The highest BCUT2D eigenvalue weighted by atomic mass is 16.5. The van der Waals surface area contributed by atoms with Gasteiger partial charge in [0.1, 0.15) is 0 Å². The summed E-state index contributed by atoms with van der Waals surface area (Å²) in [4.78, 5) is 24.1. The molecule has 28 heavy (non-hydrogen) atoms. The molecule has 3 aromatic heterocycles. The van der Waals surface area contributed by atoms with Crippen molar-refractivity contribution in [3.8, 4) is 17.0 Å². The van der Waals surface area contributed by atoms with Gasteiger partial charge >= 0.3 is 5.69 Å². The summed E-state index contributed by atoms with van der Waals surface area (Å²) >= 11 is 0. The molecule has 0 bridgehead atoms. The topological polar surface area (TPSA) is 98.8 Å². The van der Waals surface area contributed by atoms with Crippen molar-refractivity contribution in [3.63, 3.8) is 0 Å². The summed E-state index contributed by atoms with van der Waals surface area (Å²) in [5.74, 6) is 0.585. The average molecular weight is 377 g/mol. The maximum absolute atomic E-state index is 12.4. The SMILES string of the molecule is CC(C)n1c(=O)[nH]c2cnc3ccc(-c4ccc(OCCCN)nc4)cc3c21. The van der Waals surface area contributed by atoms with E-state index in [9.17, 15) is 4.79 Å². The average Bonchev–Trinajstić information content (AvgIpc) is 3.05. The van der Waals surface area contributed by atoms with Crippen LogP contribution in [-0.2, 0) is 0 Å². The van der Waals surface area contributed by atoms with Gasteiger partial charge in [-0.15, -0.1) is 0 Å². The molecule has 0 aliphatic heterocycles. The van der Waals surface area contributed by atoms with Gasteiger partial charge in [0.2, 0.25) is 5.88 Å². The lowest BCUT2D eigenvalue weighted by Crippen LogP contribution is -2.18. The lowest BCUT2D eigenvalue weighted by atomic mass is 10.0. The summed E-state index contributed by atoms with van der Waals surface area (Å²) in [6.07, 6.45) is 4.30. The number of aromatic amines is 1. The Bertz CT molecular complexity index is 1180. The molecular formula is C21H23N5O2. The van der Waals surface area contributed by atoms with Crippen LogP contribution in [0.1, 0.15) is 26.3 Å². The first-order chi connectivity index (χ1) is 13.6. The summed E-state index contributed by atoms with van der Waals surface area (Å²) in [7, 11) is 0. The number of hydrogen-bond donors (Lipinski definition) is 2. The third kappa shape index (κ3) is 3.25. The van der Waals surface area contributed by atoms with Crippen LogP contribution in [0.5, 0.6) is 5.88 Å². The highest BCUT2D eigenvalue weighted by Gasteiger charge is 2.14. The molecule has 0 saturated heterocycles. The molecule has 0 unspecified atom stereocenters. The van der Waals surface area contributed by atoms with Crippen LogP contribution in [0.3, 0.4) is 0 Å². The minimum absolute atomic E-state index is 0.0436. The van der Waals surface area contributed by atoms with Crippen molar-refractivity contribution in [2.45, 2.75) is 26.3 Å². The number of H-pyrrole nitrogens is 1. The van der Waals surface area contributed by atoms with Gasteiger partial charge in [0, 0.05) is 29.3 Å². The number of fused-ring (bicyclic) bond motifs is 3. The monoisotopic (exact) mass is 377 g/mol. The third-order valence-corrected chi connectivity index (χ3v) is 4.73. The second kappa shape index (κ2) is 7.44. The zero-order chi connectivity index (χ0) is 19.7. The minimum atomic E-state index is -0.120. The van der Waals surface area contributed by atoms with Crippen molar-refractivity contribution >= 4 is 21.9 Å². The Hall–Kier alpha value is -3.19. The maximum atomic E-state index is 12.4. The maximum Gasteiger partial charge on any atom is 0.326 e. The van der Waals surface area contributed by atoms with E-state index >= 15 is 0 Å². The molecule has 0 aliphatic rings. The van der Waals surface area contributed by atoms with Gasteiger partial charge < -0.3 is 15.5 Å². The van der Waals surface area contributed by atoms with Crippen LogP contribution in [-0.4, -0.2) is 32.7 Å². The van der Waals surface area contributed by atoms with Crippen LogP contribution < -0.4 is 16.2 Å². The highest BCUT2D eigenvalue weighted by Crippen LogP contribution is 2.29. The van der Waals surface area contributed by atoms with E-state index in [2.05, 4.69) is 21.0 Å². The molecule has 0 spiro atoms. The van der Waals surface area contributed by atoms with E-state index < -0.39 is 0 Å². The van der Waals surface area contributed by atoms with Gasteiger partial charge in [-0.05, 0) is 50.6 Å². The molecule has 0 aliphatic carbocycles. The molecule has 0 radical (unpaired) electrons. The molecule has 4 aromatic rings. The minimum Gasteiger partial charge on any atom is -0.478 e. The van der Waals surface area contributed by atoms with Gasteiger partial charge in [0.25, 0.3) is 0 Å². The number of pyridine rings is 2. The number of ether oxygens (including phenoxy) is 1. The number of aromatic nitrogens is 4. The molecule has 1 aromatic carbocycles. The van der Waals surface area contributed by atoms with Crippen LogP contribution >= 0.6 is 0 Å². The molecular weight excluding hydrogens is 354 g/mol. The molecule has 0 amide bonds. The van der Waals surface area contributed by atoms with E-state index in [4.69, 9.17) is 10.5 Å². The fourth-order valence-corrected chi connectivity index (χ4v) is 3.38. The Morgan fingerprint density at radius 1 is 1.14 bits per heavy atom. The Kier molecular flexibility index (Phi) is 4.83. The molecule has 0 fully saturated rings. The molecule has 0 atom stereocenters. The van der Waals surface area contributed by atoms with E-state index in [0.29, 0.717) is 19.0 Å². The van der Waals surface area contributed by atoms with Crippen LogP contribution in [0, 0.1) is 0 Å². The van der Waals surface area contributed by atoms with Crippen LogP contribution in [0.2, 0.25) is 0 Å². The number of hydrogen-bond acceptors (Lipinski definition) is 5. The largest absolute Gasteiger partial charge is 0.478 e. The molecule has 3 N–H and O–H groups in total. The Labute approximate surface area is 162 Å². The highest BCUT2D eigenvalue weighted by molar-refractivity contribution is 6.03. The van der Waals surface area contributed by atoms with Gasteiger partial charge in [-0.3, -0.25) is 9.55 Å². The first kappa shape index (κ1) is 18.2. The summed E-state index contributed by atoms with van der Waals surface area (Å²) in [6.45, 7) is 5.15. The predicted octanol–water partition coefficient (Wildman–Crippen LogP) is 3.25. The first-order valence-electron chi connectivity index (χ1n) is 9.40. The van der Waals surface area contributed by atoms with E-state index in [1.165, 1.54) is 0 Å². The summed E-state index contributed by atoms with van der Waals surface area (Å²) in [5.41, 5.74) is 9.80. The van der Waals surface area contributed by atoms with Crippen molar-refractivity contribution in [1.29, 1.82) is 0 Å². The van der Waals surface area contributed by atoms with Crippen molar-refractivity contribution in [3.05, 3.63) is 53.2 Å². The van der Waals surface area contributed by atoms with Gasteiger partial charge in [-0.1, -0.05) is 6.07 Å². The number of nitrogens with zero attached hydrogens (tertiary/aromatic N) is 3. The molecule has 144 valence electrons. The van der Waals surface area contributed by atoms with Crippen molar-refractivity contribution in [2.24, 2.45) is 5.73 Å². The quantitative estimate of drug-likeness (QED) is 0.503. The van der Waals surface area contributed by atoms with Crippen molar-refractivity contribution < 1.29 is 4.74 Å². The fourth-order valence-electron chi connectivity index (χ4n) is 3.38. The van der Waals surface area contributed by atoms with Gasteiger partial charge in [-0.2, -0.15) is 0 Å². The Balaban J connectivity index is 1.78. The lowest BCUT2D eigenvalue weighted by molar-refractivity contribution is 0.301. The molecule has 4 rings (SSSR count). The molecule has 0 saturated carbocycles. The molecule has 3 heterocycles. The van der Waals surface area contributed by atoms with Crippen molar-refractivity contribution in [2.75, 3.05) is 13.2 Å². The zero-order valence-electron chi connectivity index (χ0n) is 16.0. The molecule has 7 nitrogen and oxygen atoms in total. The number of rotatable bonds is 6. The number of imidazole rings is 1. The third-order valence-electron chi connectivity index (χ3n) is 4.73. The van der Waals surface area contributed by atoms with Crippen LogP contribution in [0.15, 0.2) is 47.5 Å². The second-order valence-corrected chi connectivity index (χ2v) is 7.02. The second-order valence-electron chi connectivity index (χ2n) is 7.02. The number of benzene rings is 1. The normalized spacial score (nSPS) is 11.6. The van der Waals surface area contributed by atoms with E-state index in [0.717, 1.165) is 39.5 Å². The summed E-state index contributed by atoms with van der Waals surface area (Å²) in [6, 6.07) is 9.92. The summed E-state index contributed by atoms with van der Waals surface area (Å²) in [5, 5.41) is 0.935. The predicted molar refractivity (Wildman–Crippen MR) is 111 cm³/mol. The standard InChI is InChI=1S/C21H23N5O2/c1-13(2)26-20-16-10-14(4-6-17(16)23-12-18(20)25-21(26)27)15-5-7-19(24-11-15)28-9-3-8-22/h4-7,10-13H,3,8-9,22H2,1-2H3,(H,25,27). The van der Waals surface area contributed by atoms with E-state index in [1.54, 1.807) is 17.0 Å². The number of nitrogens with one attached hydrogen (secondary N) is 1. The smallest absolute Gasteiger partial charge is 0.326 e. The van der Waals surface area contributed by atoms with E-state index in [-0.39, 0.29) is 11.7 Å². The Morgan fingerprint density at radius 2 is 1.96 bits per heavy atom. The Morgan fingerprint density at radius 3 is 2.68 bits per heavy atom. The lowest BCUT2D eigenvalue weighted by Gasteiger charge is -2.10. The van der Waals surface area contributed by atoms with Gasteiger partial charge in [0.05, 0.1) is 29.4 Å². The van der Waals surface area contributed by atoms with E-state index in [1.807, 2.05) is 38.1 Å². The van der Waals surface area contributed by atoms with Crippen LogP contribution in [0.4, 0.5) is 0 Å².